The van der Waals surface area contributed by atoms with Crippen molar-refractivity contribution in [2.24, 2.45) is 0 Å². The van der Waals surface area contributed by atoms with Gasteiger partial charge in [-0.2, -0.15) is 4.98 Å². The highest BCUT2D eigenvalue weighted by molar-refractivity contribution is 5.79. The van der Waals surface area contributed by atoms with Crippen LogP contribution in [0.4, 0.5) is 0 Å². The monoisotopic (exact) mass is 312 g/mol. The molecule has 1 aliphatic carbocycles. The van der Waals surface area contributed by atoms with Gasteiger partial charge in [-0.05, 0) is 43.7 Å². The molecule has 0 unspecified atom stereocenters. The Morgan fingerprint density at radius 3 is 3.00 bits per heavy atom. The van der Waals surface area contributed by atoms with Gasteiger partial charge in [0, 0.05) is 24.9 Å². The fourth-order valence-corrected chi connectivity index (χ4v) is 3.16. The van der Waals surface area contributed by atoms with Crippen LogP contribution in [0.1, 0.15) is 61.3 Å². The van der Waals surface area contributed by atoms with E-state index in [4.69, 9.17) is 4.52 Å². The molecular formula is C17H20N4O2. The lowest BCUT2D eigenvalue weighted by Crippen LogP contribution is -2.39. The summed E-state index contributed by atoms with van der Waals surface area (Å²) < 4.78 is 5.47. The third-order valence-electron chi connectivity index (χ3n) is 4.59. The van der Waals surface area contributed by atoms with E-state index in [0.717, 1.165) is 50.0 Å². The second kappa shape index (κ2) is 6.10. The summed E-state index contributed by atoms with van der Waals surface area (Å²) in [5.41, 5.74) is 0.936. The van der Waals surface area contributed by atoms with E-state index in [2.05, 4.69) is 15.1 Å². The first kappa shape index (κ1) is 14.4. The Balaban J connectivity index is 1.51. The SMILES string of the molecule is O=C(Cc1cccnc1)N1CCCC[C@@H]1c1nc(C2CC2)no1. The third-order valence-corrected chi connectivity index (χ3v) is 4.59. The van der Waals surface area contributed by atoms with Crippen LogP contribution in [-0.2, 0) is 11.2 Å². The van der Waals surface area contributed by atoms with Gasteiger partial charge in [0.1, 0.15) is 6.04 Å². The van der Waals surface area contributed by atoms with Gasteiger partial charge >= 0.3 is 0 Å². The molecule has 3 heterocycles. The minimum atomic E-state index is -0.0760. The van der Waals surface area contributed by atoms with Crippen LogP contribution < -0.4 is 0 Å². The zero-order valence-corrected chi connectivity index (χ0v) is 13.0. The number of rotatable bonds is 4. The van der Waals surface area contributed by atoms with Crippen molar-refractivity contribution in [3.05, 3.63) is 41.8 Å². The highest BCUT2D eigenvalue weighted by Crippen LogP contribution is 2.39. The lowest BCUT2D eigenvalue weighted by Gasteiger charge is -2.33. The molecule has 120 valence electrons. The van der Waals surface area contributed by atoms with Crippen LogP contribution in [0.25, 0.3) is 0 Å². The maximum atomic E-state index is 12.7. The van der Waals surface area contributed by atoms with E-state index in [1.807, 2.05) is 17.0 Å². The van der Waals surface area contributed by atoms with Gasteiger partial charge in [0.2, 0.25) is 11.8 Å². The molecule has 0 bridgehead atoms. The maximum absolute atomic E-state index is 12.7. The average Bonchev–Trinajstić information content (AvgIpc) is 3.33. The Bertz CT molecular complexity index is 681. The molecule has 1 saturated carbocycles. The van der Waals surface area contributed by atoms with E-state index in [1.54, 1.807) is 12.4 Å². The first-order valence-corrected chi connectivity index (χ1v) is 8.33. The van der Waals surface area contributed by atoms with Gasteiger partial charge < -0.3 is 9.42 Å². The molecule has 1 aliphatic heterocycles. The van der Waals surface area contributed by atoms with E-state index < -0.39 is 0 Å². The minimum Gasteiger partial charge on any atom is -0.337 e. The number of carbonyl (C=O) groups excluding carboxylic acids is 1. The van der Waals surface area contributed by atoms with Gasteiger partial charge in [-0.25, -0.2) is 0 Å². The molecule has 2 aromatic rings. The Morgan fingerprint density at radius 1 is 1.30 bits per heavy atom. The molecule has 2 aromatic heterocycles. The summed E-state index contributed by atoms with van der Waals surface area (Å²) in [7, 11) is 0. The van der Waals surface area contributed by atoms with Gasteiger partial charge in [0.15, 0.2) is 5.82 Å². The van der Waals surface area contributed by atoms with Crippen molar-refractivity contribution in [1.82, 2.24) is 20.0 Å². The number of nitrogens with zero attached hydrogens (tertiary/aromatic N) is 4. The minimum absolute atomic E-state index is 0.0760. The summed E-state index contributed by atoms with van der Waals surface area (Å²) in [5.74, 6) is 1.99. The van der Waals surface area contributed by atoms with Crippen molar-refractivity contribution < 1.29 is 9.32 Å². The molecule has 2 fully saturated rings. The zero-order valence-electron chi connectivity index (χ0n) is 13.0. The van der Waals surface area contributed by atoms with Gasteiger partial charge in [0.25, 0.3) is 0 Å². The van der Waals surface area contributed by atoms with E-state index in [9.17, 15) is 4.79 Å². The van der Waals surface area contributed by atoms with Crippen molar-refractivity contribution in [3.63, 3.8) is 0 Å². The molecule has 6 nitrogen and oxygen atoms in total. The second-order valence-electron chi connectivity index (χ2n) is 6.40. The van der Waals surface area contributed by atoms with Crippen molar-refractivity contribution in [3.8, 4) is 0 Å². The highest BCUT2D eigenvalue weighted by atomic mass is 16.5. The third kappa shape index (κ3) is 3.11. The molecule has 1 saturated heterocycles. The second-order valence-corrected chi connectivity index (χ2v) is 6.40. The summed E-state index contributed by atoms with van der Waals surface area (Å²) in [6.45, 7) is 0.755. The summed E-state index contributed by atoms with van der Waals surface area (Å²) >= 11 is 0. The topological polar surface area (TPSA) is 72.1 Å². The molecular weight excluding hydrogens is 292 g/mol. The molecule has 2 aliphatic rings. The van der Waals surface area contributed by atoms with Gasteiger partial charge in [-0.15, -0.1) is 0 Å². The van der Waals surface area contributed by atoms with Crippen molar-refractivity contribution in [2.45, 2.75) is 50.5 Å². The molecule has 23 heavy (non-hydrogen) atoms. The van der Waals surface area contributed by atoms with Crippen LogP contribution in [0.2, 0.25) is 0 Å². The van der Waals surface area contributed by atoms with E-state index in [-0.39, 0.29) is 11.9 Å². The number of carbonyl (C=O) groups is 1. The Labute approximate surface area is 134 Å². The van der Waals surface area contributed by atoms with E-state index >= 15 is 0 Å². The van der Waals surface area contributed by atoms with Gasteiger partial charge in [0.05, 0.1) is 6.42 Å². The number of hydrogen-bond acceptors (Lipinski definition) is 5. The fraction of sp³-hybridized carbons (Fsp3) is 0.529. The molecule has 1 amide bonds. The van der Waals surface area contributed by atoms with E-state index in [1.165, 1.54) is 0 Å². The molecule has 1 atom stereocenters. The summed E-state index contributed by atoms with van der Waals surface area (Å²) in [6.07, 6.45) is 9.13. The fourth-order valence-electron chi connectivity index (χ4n) is 3.16. The van der Waals surface area contributed by atoms with Crippen LogP contribution in [0, 0.1) is 0 Å². The van der Waals surface area contributed by atoms with Crippen LogP contribution in [0.15, 0.2) is 29.0 Å². The summed E-state index contributed by atoms with van der Waals surface area (Å²) in [5, 5.41) is 4.10. The van der Waals surface area contributed by atoms with Crippen molar-refractivity contribution in [1.29, 1.82) is 0 Å². The number of amides is 1. The maximum Gasteiger partial charge on any atom is 0.249 e. The Morgan fingerprint density at radius 2 is 2.22 bits per heavy atom. The van der Waals surface area contributed by atoms with Gasteiger partial charge in [-0.3, -0.25) is 9.78 Å². The normalized spacial score (nSPS) is 21.4. The summed E-state index contributed by atoms with van der Waals surface area (Å²) in [6, 6.07) is 3.71. The molecule has 6 heteroatoms. The molecule has 0 spiro atoms. The number of piperidine rings is 1. The van der Waals surface area contributed by atoms with Crippen LogP contribution in [0.3, 0.4) is 0 Å². The number of aromatic nitrogens is 3. The van der Waals surface area contributed by atoms with Crippen LogP contribution in [-0.4, -0.2) is 32.5 Å². The first-order valence-electron chi connectivity index (χ1n) is 8.33. The Kier molecular flexibility index (Phi) is 3.81. The standard InChI is InChI=1S/C17H20N4O2/c22-15(10-12-4-3-8-18-11-12)21-9-2-1-5-14(21)17-19-16(20-23-17)13-6-7-13/h3-4,8,11,13-14H,1-2,5-7,9-10H2/t14-/m1/s1. The highest BCUT2D eigenvalue weighted by Gasteiger charge is 2.34. The van der Waals surface area contributed by atoms with E-state index in [0.29, 0.717) is 18.2 Å². The molecule has 0 aromatic carbocycles. The van der Waals surface area contributed by atoms with Gasteiger partial charge in [-0.1, -0.05) is 11.2 Å². The van der Waals surface area contributed by atoms with Crippen LogP contribution >= 0.6 is 0 Å². The summed E-state index contributed by atoms with van der Waals surface area (Å²) in [4.78, 5) is 23.2. The average molecular weight is 312 g/mol. The quantitative estimate of drug-likeness (QED) is 0.868. The predicted octanol–water partition coefficient (Wildman–Crippen LogP) is 2.64. The smallest absolute Gasteiger partial charge is 0.249 e. The lowest BCUT2D eigenvalue weighted by atomic mass is 10.0. The number of likely N-dealkylation sites (tertiary alicyclic amines) is 1. The number of hydrogen-bond donors (Lipinski definition) is 0. The molecule has 0 N–H and O–H groups in total. The predicted molar refractivity (Wildman–Crippen MR) is 82.5 cm³/mol. The lowest BCUT2D eigenvalue weighted by molar-refractivity contribution is -0.135. The first-order chi connectivity index (χ1) is 11.3. The van der Waals surface area contributed by atoms with Crippen molar-refractivity contribution >= 4 is 5.91 Å². The largest absolute Gasteiger partial charge is 0.337 e. The number of pyridine rings is 1. The van der Waals surface area contributed by atoms with Crippen molar-refractivity contribution in [2.75, 3.05) is 6.54 Å². The van der Waals surface area contributed by atoms with Crippen LogP contribution in [0.5, 0.6) is 0 Å². The zero-order chi connectivity index (χ0) is 15.6. The Hall–Kier alpha value is -2.24. The molecule has 0 radical (unpaired) electrons. The molecule has 4 rings (SSSR count).